The first-order valence-corrected chi connectivity index (χ1v) is 7.65. The lowest BCUT2D eigenvalue weighted by atomic mass is 10.3. The van der Waals surface area contributed by atoms with Crippen molar-refractivity contribution in [1.82, 2.24) is 14.5 Å². The van der Waals surface area contributed by atoms with Gasteiger partial charge in [0.2, 0.25) is 5.95 Å². The number of rotatable bonds is 6. The molecule has 0 fully saturated rings. The number of anilines is 1. The second-order valence-electron chi connectivity index (χ2n) is 4.76. The molecule has 0 aliphatic heterocycles. The fourth-order valence-corrected chi connectivity index (χ4v) is 2.68. The maximum Gasteiger partial charge on any atom is 0.201 e. The Hall–Kier alpha value is -0.970. The highest BCUT2D eigenvalue weighted by atomic mass is 35.5. The Bertz CT molecular complexity index is 590. The van der Waals surface area contributed by atoms with Crippen LogP contribution in [0.1, 0.15) is 20.3 Å². The normalized spacial score (nSPS) is 11.7. The van der Waals surface area contributed by atoms with Crippen LogP contribution in [0.2, 0.25) is 10.0 Å². The Morgan fingerprint density at radius 3 is 2.50 bits per heavy atom. The van der Waals surface area contributed by atoms with Crippen LogP contribution in [-0.2, 0) is 6.54 Å². The van der Waals surface area contributed by atoms with E-state index in [0.29, 0.717) is 16.0 Å². The lowest BCUT2D eigenvalue weighted by Gasteiger charge is -2.18. The highest BCUT2D eigenvalue weighted by Gasteiger charge is 2.11. The number of hydrogen-bond acceptors (Lipinski definition) is 3. The second kappa shape index (κ2) is 6.66. The van der Waals surface area contributed by atoms with E-state index < -0.39 is 0 Å². The summed E-state index contributed by atoms with van der Waals surface area (Å²) in [6, 6.07) is 3.59. The van der Waals surface area contributed by atoms with Crippen molar-refractivity contribution in [2.75, 3.05) is 25.4 Å². The van der Waals surface area contributed by atoms with Crippen LogP contribution in [0.25, 0.3) is 11.0 Å². The van der Waals surface area contributed by atoms with Crippen molar-refractivity contribution in [3.63, 3.8) is 0 Å². The molecule has 0 radical (unpaired) electrons. The minimum atomic E-state index is 0.506. The Morgan fingerprint density at radius 2 is 1.85 bits per heavy atom. The number of imidazole rings is 1. The molecule has 0 saturated heterocycles. The number of aromatic nitrogens is 2. The number of nitrogen functional groups attached to an aromatic ring is 1. The number of benzene rings is 1. The molecule has 4 nitrogen and oxygen atoms in total. The van der Waals surface area contributed by atoms with Gasteiger partial charge in [0, 0.05) is 6.54 Å². The third kappa shape index (κ3) is 3.19. The van der Waals surface area contributed by atoms with Gasteiger partial charge in [0.05, 0.1) is 21.1 Å². The Labute approximate surface area is 129 Å². The average Bonchev–Trinajstić information content (AvgIpc) is 2.71. The fourth-order valence-electron chi connectivity index (χ4n) is 2.37. The molecule has 0 unspecified atom stereocenters. The van der Waals surface area contributed by atoms with Crippen molar-refractivity contribution >= 4 is 40.2 Å². The standard InChI is InChI=1S/C14H20Cl2N4/c1-3-19(4-2)6-5-7-20-13-9-11(16)10(15)8-12(13)18-14(20)17/h8-9H,3-7H2,1-2H3,(H2,17,18). The highest BCUT2D eigenvalue weighted by molar-refractivity contribution is 6.42. The molecule has 0 saturated carbocycles. The summed E-state index contributed by atoms with van der Waals surface area (Å²) in [7, 11) is 0. The van der Waals surface area contributed by atoms with Gasteiger partial charge in [-0.05, 0) is 38.2 Å². The van der Waals surface area contributed by atoms with E-state index >= 15 is 0 Å². The number of nitrogens with zero attached hydrogens (tertiary/aromatic N) is 3. The quantitative estimate of drug-likeness (QED) is 0.885. The van der Waals surface area contributed by atoms with Gasteiger partial charge in [-0.3, -0.25) is 0 Å². The van der Waals surface area contributed by atoms with Crippen molar-refractivity contribution in [1.29, 1.82) is 0 Å². The van der Waals surface area contributed by atoms with Crippen molar-refractivity contribution in [2.24, 2.45) is 0 Å². The molecule has 0 spiro atoms. The van der Waals surface area contributed by atoms with Crippen LogP contribution in [0, 0.1) is 0 Å². The zero-order valence-electron chi connectivity index (χ0n) is 11.9. The number of hydrogen-bond donors (Lipinski definition) is 1. The first kappa shape index (κ1) is 15.4. The molecule has 2 N–H and O–H groups in total. The van der Waals surface area contributed by atoms with Crippen LogP contribution in [0.3, 0.4) is 0 Å². The molecule has 0 aliphatic carbocycles. The summed E-state index contributed by atoms with van der Waals surface area (Å²) in [6.07, 6.45) is 1.03. The van der Waals surface area contributed by atoms with Crippen LogP contribution in [0.4, 0.5) is 5.95 Å². The van der Waals surface area contributed by atoms with Crippen LogP contribution in [0.15, 0.2) is 12.1 Å². The number of fused-ring (bicyclic) bond motifs is 1. The maximum absolute atomic E-state index is 6.08. The van der Waals surface area contributed by atoms with Crippen molar-refractivity contribution in [3.8, 4) is 0 Å². The van der Waals surface area contributed by atoms with Crippen LogP contribution < -0.4 is 5.73 Å². The van der Waals surface area contributed by atoms with E-state index in [2.05, 4.69) is 23.7 Å². The minimum absolute atomic E-state index is 0.506. The molecule has 1 heterocycles. The minimum Gasteiger partial charge on any atom is -0.369 e. The monoisotopic (exact) mass is 314 g/mol. The lowest BCUT2D eigenvalue weighted by Crippen LogP contribution is -2.25. The average molecular weight is 315 g/mol. The van der Waals surface area contributed by atoms with Gasteiger partial charge in [0.25, 0.3) is 0 Å². The Balaban J connectivity index is 2.17. The topological polar surface area (TPSA) is 47.1 Å². The lowest BCUT2D eigenvalue weighted by molar-refractivity contribution is 0.294. The number of nitrogens with two attached hydrogens (primary N) is 1. The summed E-state index contributed by atoms with van der Waals surface area (Å²) in [6.45, 7) is 8.36. The highest BCUT2D eigenvalue weighted by Crippen LogP contribution is 2.29. The summed E-state index contributed by atoms with van der Waals surface area (Å²) >= 11 is 12.1. The van der Waals surface area contributed by atoms with Gasteiger partial charge >= 0.3 is 0 Å². The third-order valence-electron chi connectivity index (χ3n) is 3.57. The molecule has 0 atom stereocenters. The third-order valence-corrected chi connectivity index (χ3v) is 4.29. The molecule has 110 valence electrons. The zero-order valence-corrected chi connectivity index (χ0v) is 13.4. The molecule has 20 heavy (non-hydrogen) atoms. The SMILES string of the molecule is CCN(CC)CCCn1c(N)nc2cc(Cl)c(Cl)cc21. The molecule has 0 amide bonds. The summed E-state index contributed by atoms with van der Waals surface area (Å²) in [5, 5.41) is 1.04. The van der Waals surface area contributed by atoms with Gasteiger partial charge in [-0.2, -0.15) is 0 Å². The number of halogens is 2. The van der Waals surface area contributed by atoms with Gasteiger partial charge in [-0.15, -0.1) is 0 Å². The van der Waals surface area contributed by atoms with E-state index in [-0.39, 0.29) is 0 Å². The van der Waals surface area contributed by atoms with Crippen LogP contribution in [-0.4, -0.2) is 34.1 Å². The van der Waals surface area contributed by atoms with E-state index in [4.69, 9.17) is 28.9 Å². The van der Waals surface area contributed by atoms with Crippen LogP contribution in [0.5, 0.6) is 0 Å². The van der Waals surface area contributed by atoms with Gasteiger partial charge in [0.15, 0.2) is 0 Å². The van der Waals surface area contributed by atoms with E-state index in [0.717, 1.165) is 43.6 Å². The molecule has 0 bridgehead atoms. The fraction of sp³-hybridized carbons (Fsp3) is 0.500. The van der Waals surface area contributed by atoms with Crippen molar-refractivity contribution in [3.05, 3.63) is 22.2 Å². The van der Waals surface area contributed by atoms with Crippen LogP contribution >= 0.6 is 23.2 Å². The van der Waals surface area contributed by atoms with E-state index in [1.54, 1.807) is 6.07 Å². The van der Waals surface area contributed by atoms with Gasteiger partial charge in [-0.25, -0.2) is 4.98 Å². The Morgan fingerprint density at radius 1 is 1.20 bits per heavy atom. The van der Waals surface area contributed by atoms with Crippen molar-refractivity contribution < 1.29 is 0 Å². The first-order chi connectivity index (χ1) is 9.56. The molecular formula is C14H20Cl2N4. The predicted octanol–water partition coefficient (Wildman–Crippen LogP) is 3.66. The summed E-state index contributed by atoms with van der Waals surface area (Å²) in [5.74, 6) is 0.512. The van der Waals surface area contributed by atoms with Gasteiger partial charge in [-0.1, -0.05) is 37.0 Å². The van der Waals surface area contributed by atoms with E-state index in [1.807, 2.05) is 10.6 Å². The molecule has 0 aliphatic rings. The van der Waals surface area contributed by atoms with E-state index in [9.17, 15) is 0 Å². The zero-order chi connectivity index (χ0) is 14.7. The van der Waals surface area contributed by atoms with Crippen molar-refractivity contribution in [2.45, 2.75) is 26.8 Å². The molecule has 6 heteroatoms. The summed E-state index contributed by atoms with van der Waals surface area (Å²) in [4.78, 5) is 6.73. The maximum atomic E-state index is 6.08. The molecule has 2 aromatic rings. The molecule has 1 aromatic carbocycles. The second-order valence-corrected chi connectivity index (χ2v) is 5.57. The van der Waals surface area contributed by atoms with Gasteiger partial charge in [0.1, 0.15) is 0 Å². The van der Waals surface area contributed by atoms with Gasteiger partial charge < -0.3 is 15.2 Å². The number of aryl methyl sites for hydroxylation is 1. The van der Waals surface area contributed by atoms with E-state index in [1.165, 1.54) is 0 Å². The smallest absolute Gasteiger partial charge is 0.201 e. The first-order valence-electron chi connectivity index (χ1n) is 6.89. The summed E-state index contributed by atoms with van der Waals surface area (Å²) in [5.41, 5.74) is 7.72. The molecule has 2 rings (SSSR count). The largest absolute Gasteiger partial charge is 0.369 e. The molecule has 1 aromatic heterocycles. The summed E-state index contributed by atoms with van der Waals surface area (Å²) < 4.78 is 2.00. The molecular weight excluding hydrogens is 295 g/mol. The predicted molar refractivity (Wildman–Crippen MR) is 86.6 cm³/mol. The Kier molecular flexibility index (Phi) is 5.13.